The predicted molar refractivity (Wildman–Crippen MR) is 77.2 cm³/mol. The van der Waals surface area contributed by atoms with Gasteiger partial charge in [-0.05, 0) is 43.4 Å². The molecule has 0 N–H and O–H groups in total. The molecule has 0 unspecified atom stereocenters. The second-order valence-electron chi connectivity index (χ2n) is 4.04. The van der Waals surface area contributed by atoms with Crippen LogP contribution in [0.3, 0.4) is 0 Å². The lowest BCUT2D eigenvalue weighted by Gasteiger charge is -2.15. The third kappa shape index (κ3) is 3.88. The van der Waals surface area contributed by atoms with Gasteiger partial charge in [0.05, 0.1) is 0 Å². The van der Waals surface area contributed by atoms with E-state index in [1.54, 1.807) is 23.9 Å². The number of amides is 2. The molecule has 0 heterocycles. The molecule has 104 valence electrons. The first-order valence-electron chi connectivity index (χ1n) is 5.60. The topological polar surface area (TPSA) is 46.6 Å². The maximum absolute atomic E-state index is 11.7. The highest BCUT2D eigenvalue weighted by atomic mass is 35.5. The zero-order valence-electron chi connectivity index (χ0n) is 11.3. The summed E-state index contributed by atoms with van der Waals surface area (Å²) in [5.74, 6) is -0.331. The van der Waals surface area contributed by atoms with Gasteiger partial charge in [0.15, 0.2) is 0 Å². The molecule has 4 nitrogen and oxygen atoms in total. The summed E-state index contributed by atoms with van der Waals surface area (Å²) < 4.78 is 5.16. The maximum atomic E-state index is 11.7. The second kappa shape index (κ2) is 6.82. The average Bonchev–Trinajstić information content (AvgIpc) is 2.36. The summed E-state index contributed by atoms with van der Waals surface area (Å²) in [6, 6.07) is 3.55. The standard InChI is InChI=1S/C13H16ClNO3S/c1-8-5-10(6-9(2)12(8)19-4)18-13(17)15(3)11(16)7-14/h5-6H,7H2,1-4H3. The second-order valence-corrected chi connectivity index (χ2v) is 5.13. The number of aryl methyl sites for hydroxylation is 2. The monoisotopic (exact) mass is 301 g/mol. The molecule has 0 bridgehead atoms. The molecule has 19 heavy (non-hydrogen) atoms. The number of carbonyl (C=O) groups excluding carboxylic acids is 2. The van der Waals surface area contributed by atoms with Gasteiger partial charge < -0.3 is 4.74 Å². The third-order valence-corrected chi connectivity index (χ3v) is 3.89. The van der Waals surface area contributed by atoms with Crippen LogP contribution in [0.4, 0.5) is 4.79 Å². The molecule has 0 aliphatic rings. The number of benzene rings is 1. The fourth-order valence-electron chi connectivity index (χ4n) is 1.65. The number of thioether (sulfide) groups is 1. The molecule has 6 heteroatoms. The smallest absolute Gasteiger partial charge is 0.410 e. The number of halogens is 1. The van der Waals surface area contributed by atoms with Crippen molar-refractivity contribution in [2.24, 2.45) is 0 Å². The van der Waals surface area contributed by atoms with Crippen LogP contribution >= 0.6 is 23.4 Å². The van der Waals surface area contributed by atoms with Crippen molar-refractivity contribution in [1.82, 2.24) is 4.90 Å². The Kier molecular flexibility index (Phi) is 5.69. The van der Waals surface area contributed by atoms with Gasteiger partial charge in [-0.15, -0.1) is 23.4 Å². The lowest BCUT2D eigenvalue weighted by molar-refractivity contribution is -0.125. The molecule has 0 radical (unpaired) electrons. The van der Waals surface area contributed by atoms with Crippen molar-refractivity contribution in [2.45, 2.75) is 18.7 Å². The highest BCUT2D eigenvalue weighted by molar-refractivity contribution is 7.98. The van der Waals surface area contributed by atoms with Crippen LogP contribution in [0.2, 0.25) is 0 Å². The van der Waals surface area contributed by atoms with Gasteiger partial charge in [-0.25, -0.2) is 9.69 Å². The Bertz CT molecular complexity index is 482. The van der Waals surface area contributed by atoms with Crippen molar-refractivity contribution in [1.29, 1.82) is 0 Å². The zero-order chi connectivity index (χ0) is 14.6. The van der Waals surface area contributed by atoms with Crippen molar-refractivity contribution >= 4 is 35.4 Å². The summed E-state index contributed by atoms with van der Waals surface area (Å²) in [6.45, 7) is 3.90. The van der Waals surface area contributed by atoms with E-state index in [-0.39, 0.29) is 5.88 Å². The van der Waals surface area contributed by atoms with Crippen molar-refractivity contribution in [3.8, 4) is 5.75 Å². The summed E-state index contributed by atoms with van der Waals surface area (Å²) >= 11 is 7.02. The first-order chi connectivity index (χ1) is 8.90. The first-order valence-corrected chi connectivity index (χ1v) is 7.36. The van der Waals surface area contributed by atoms with E-state index in [1.807, 2.05) is 20.1 Å². The van der Waals surface area contributed by atoms with Crippen LogP contribution in [0.5, 0.6) is 5.75 Å². The van der Waals surface area contributed by atoms with Crippen LogP contribution in [0, 0.1) is 13.8 Å². The minimum atomic E-state index is -0.735. The van der Waals surface area contributed by atoms with Crippen LogP contribution in [0.1, 0.15) is 11.1 Å². The van der Waals surface area contributed by atoms with Crippen molar-refractivity contribution in [3.63, 3.8) is 0 Å². The zero-order valence-corrected chi connectivity index (χ0v) is 12.9. The summed E-state index contributed by atoms with van der Waals surface area (Å²) in [7, 11) is 1.34. The Labute approximate surface area is 122 Å². The van der Waals surface area contributed by atoms with Crippen molar-refractivity contribution in [2.75, 3.05) is 19.2 Å². The molecule has 0 aliphatic heterocycles. The Morgan fingerprint density at radius 3 is 2.26 bits per heavy atom. The van der Waals surface area contributed by atoms with Gasteiger partial charge in [0, 0.05) is 11.9 Å². The molecular weight excluding hydrogens is 286 g/mol. The van der Waals surface area contributed by atoms with Crippen LogP contribution in [0.15, 0.2) is 17.0 Å². The molecule has 0 saturated heterocycles. The van der Waals surface area contributed by atoms with E-state index < -0.39 is 12.0 Å². The maximum Gasteiger partial charge on any atom is 0.421 e. The van der Waals surface area contributed by atoms with E-state index in [9.17, 15) is 9.59 Å². The minimum absolute atomic E-state index is 0.255. The van der Waals surface area contributed by atoms with E-state index in [1.165, 1.54) is 7.05 Å². The summed E-state index contributed by atoms with van der Waals surface area (Å²) in [5, 5.41) is 0. The number of nitrogens with zero attached hydrogens (tertiary/aromatic N) is 1. The largest absolute Gasteiger partial charge is 0.421 e. The normalized spacial score (nSPS) is 10.2. The molecular formula is C13H16ClNO3S. The first kappa shape index (κ1) is 15.9. The van der Waals surface area contributed by atoms with Gasteiger partial charge >= 0.3 is 6.09 Å². The Hall–Kier alpha value is -1.20. The molecule has 0 aliphatic carbocycles. The molecule has 1 aromatic carbocycles. The Balaban J connectivity index is 2.89. The lowest BCUT2D eigenvalue weighted by Crippen LogP contribution is -2.36. The van der Waals surface area contributed by atoms with Gasteiger partial charge in [-0.1, -0.05) is 0 Å². The van der Waals surface area contributed by atoms with Crippen LogP contribution in [0.25, 0.3) is 0 Å². The molecule has 2 amide bonds. The van der Waals surface area contributed by atoms with Crippen LogP contribution in [-0.4, -0.2) is 36.1 Å². The summed E-state index contributed by atoms with van der Waals surface area (Å²) in [4.78, 5) is 25.0. The highest BCUT2D eigenvalue weighted by Crippen LogP contribution is 2.28. The van der Waals surface area contributed by atoms with Crippen molar-refractivity contribution < 1.29 is 14.3 Å². The third-order valence-electron chi connectivity index (χ3n) is 2.61. The van der Waals surface area contributed by atoms with Gasteiger partial charge in [0.25, 0.3) is 0 Å². The molecule has 0 fully saturated rings. The molecule has 0 aromatic heterocycles. The summed E-state index contributed by atoms with van der Waals surface area (Å²) in [6.07, 6.45) is 1.26. The van der Waals surface area contributed by atoms with E-state index in [4.69, 9.17) is 16.3 Å². The van der Waals surface area contributed by atoms with E-state index in [0.29, 0.717) is 5.75 Å². The Morgan fingerprint density at radius 1 is 1.32 bits per heavy atom. The number of hydrogen-bond acceptors (Lipinski definition) is 4. The van der Waals surface area contributed by atoms with Gasteiger partial charge in [-0.2, -0.15) is 0 Å². The van der Waals surface area contributed by atoms with E-state index >= 15 is 0 Å². The number of ether oxygens (including phenoxy) is 1. The SMILES string of the molecule is CSc1c(C)cc(OC(=O)N(C)C(=O)CCl)cc1C. The minimum Gasteiger partial charge on any atom is -0.410 e. The average molecular weight is 302 g/mol. The van der Waals surface area contributed by atoms with Gasteiger partial charge in [-0.3, -0.25) is 4.79 Å². The fraction of sp³-hybridized carbons (Fsp3) is 0.385. The number of hydrogen-bond donors (Lipinski definition) is 0. The number of alkyl halides is 1. The predicted octanol–water partition coefficient (Wildman–Crippen LogP) is 3.22. The van der Waals surface area contributed by atoms with Gasteiger partial charge in [0.2, 0.25) is 5.91 Å². The molecule has 0 atom stereocenters. The number of imide groups is 1. The summed E-state index contributed by atoms with van der Waals surface area (Å²) in [5.41, 5.74) is 2.06. The molecule has 0 spiro atoms. The van der Waals surface area contributed by atoms with Crippen molar-refractivity contribution in [3.05, 3.63) is 23.3 Å². The fourth-order valence-corrected chi connectivity index (χ4v) is 2.59. The van der Waals surface area contributed by atoms with Crippen LogP contribution < -0.4 is 4.74 Å². The van der Waals surface area contributed by atoms with Crippen LogP contribution in [-0.2, 0) is 4.79 Å². The Morgan fingerprint density at radius 2 is 1.84 bits per heavy atom. The van der Waals surface area contributed by atoms with E-state index in [0.717, 1.165) is 20.9 Å². The lowest BCUT2D eigenvalue weighted by atomic mass is 10.1. The number of rotatable bonds is 3. The highest BCUT2D eigenvalue weighted by Gasteiger charge is 2.18. The molecule has 0 saturated carbocycles. The molecule has 1 aromatic rings. The molecule has 1 rings (SSSR count). The van der Waals surface area contributed by atoms with E-state index in [2.05, 4.69) is 0 Å². The quantitative estimate of drug-likeness (QED) is 0.635. The number of carbonyl (C=O) groups is 2. The van der Waals surface area contributed by atoms with Gasteiger partial charge in [0.1, 0.15) is 11.6 Å².